The number of carbonyl (C=O) groups excluding carboxylic acids is 2. The molecule has 21 heavy (non-hydrogen) atoms. The number of carbonyl (C=O) groups is 2. The Kier molecular flexibility index (Phi) is 4.40. The minimum atomic E-state index is -0.656. The van der Waals surface area contributed by atoms with Crippen LogP contribution in [0.3, 0.4) is 0 Å². The van der Waals surface area contributed by atoms with Gasteiger partial charge in [-0.15, -0.1) is 0 Å². The van der Waals surface area contributed by atoms with Crippen LogP contribution in [0.25, 0.3) is 0 Å². The first-order valence-corrected chi connectivity index (χ1v) is 6.35. The van der Waals surface area contributed by atoms with Crippen molar-refractivity contribution in [3.05, 3.63) is 54.1 Å². The van der Waals surface area contributed by atoms with E-state index in [0.717, 1.165) is 11.3 Å². The van der Waals surface area contributed by atoms with Gasteiger partial charge in [0.25, 0.3) is 0 Å². The van der Waals surface area contributed by atoms with E-state index < -0.39 is 6.03 Å². The number of hydrogen-bond donors (Lipinski definition) is 4. The number of urea groups is 2. The van der Waals surface area contributed by atoms with Gasteiger partial charge in [-0.3, -0.25) is 0 Å². The Hall–Kier alpha value is -3.02. The normalized spacial score (nSPS) is 9.76. The SMILES string of the molecule is Cc1ccccc1NC(=O)Nc1cccc(NC(N)=O)c1. The topological polar surface area (TPSA) is 96.2 Å². The van der Waals surface area contributed by atoms with Crippen LogP contribution in [0, 0.1) is 6.92 Å². The number of para-hydroxylation sites is 1. The van der Waals surface area contributed by atoms with Gasteiger partial charge in [-0.05, 0) is 36.8 Å². The van der Waals surface area contributed by atoms with Crippen LogP contribution in [-0.2, 0) is 0 Å². The molecule has 4 amide bonds. The van der Waals surface area contributed by atoms with Crippen LogP contribution in [-0.4, -0.2) is 12.1 Å². The molecule has 0 atom stereocenters. The number of amides is 4. The Morgan fingerprint density at radius 1 is 0.905 bits per heavy atom. The summed E-state index contributed by atoms with van der Waals surface area (Å²) in [6.07, 6.45) is 0. The van der Waals surface area contributed by atoms with Crippen molar-refractivity contribution in [1.29, 1.82) is 0 Å². The molecular weight excluding hydrogens is 268 g/mol. The Morgan fingerprint density at radius 2 is 1.57 bits per heavy atom. The summed E-state index contributed by atoms with van der Waals surface area (Å²) in [7, 11) is 0. The number of benzene rings is 2. The lowest BCUT2D eigenvalue weighted by molar-refractivity contribution is 0.259. The van der Waals surface area contributed by atoms with E-state index in [4.69, 9.17) is 5.73 Å². The smallest absolute Gasteiger partial charge is 0.323 e. The van der Waals surface area contributed by atoms with Gasteiger partial charge < -0.3 is 21.7 Å². The first kappa shape index (κ1) is 14.4. The fraction of sp³-hybridized carbons (Fsp3) is 0.0667. The van der Waals surface area contributed by atoms with Gasteiger partial charge in [0, 0.05) is 17.1 Å². The zero-order valence-corrected chi connectivity index (χ0v) is 11.5. The average molecular weight is 284 g/mol. The summed E-state index contributed by atoms with van der Waals surface area (Å²) < 4.78 is 0. The number of nitrogens with two attached hydrogens (primary N) is 1. The summed E-state index contributed by atoms with van der Waals surface area (Å²) in [5, 5.41) is 7.89. The summed E-state index contributed by atoms with van der Waals surface area (Å²) in [5.74, 6) is 0. The lowest BCUT2D eigenvalue weighted by Gasteiger charge is -2.10. The fourth-order valence-electron chi connectivity index (χ4n) is 1.81. The van der Waals surface area contributed by atoms with Gasteiger partial charge in [0.15, 0.2) is 0 Å². The zero-order chi connectivity index (χ0) is 15.2. The highest BCUT2D eigenvalue weighted by molar-refractivity contribution is 6.00. The number of aryl methyl sites for hydroxylation is 1. The molecule has 0 aliphatic rings. The second-order valence-electron chi connectivity index (χ2n) is 4.46. The highest BCUT2D eigenvalue weighted by Crippen LogP contribution is 2.17. The molecule has 108 valence electrons. The molecule has 0 unspecified atom stereocenters. The highest BCUT2D eigenvalue weighted by atomic mass is 16.2. The Balaban J connectivity index is 2.03. The summed E-state index contributed by atoms with van der Waals surface area (Å²) in [4.78, 5) is 22.7. The van der Waals surface area contributed by atoms with Crippen LogP contribution in [0.4, 0.5) is 26.7 Å². The Labute approximate surface area is 122 Å². The van der Waals surface area contributed by atoms with Gasteiger partial charge in [0.05, 0.1) is 0 Å². The van der Waals surface area contributed by atoms with Gasteiger partial charge in [-0.25, -0.2) is 9.59 Å². The summed E-state index contributed by atoms with van der Waals surface area (Å²) in [5.41, 5.74) is 7.81. The predicted octanol–water partition coefficient (Wildman–Crippen LogP) is 3.13. The van der Waals surface area contributed by atoms with Crippen molar-refractivity contribution in [2.24, 2.45) is 5.73 Å². The van der Waals surface area contributed by atoms with Gasteiger partial charge >= 0.3 is 12.1 Å². The van der Waals surface area contributed by atoms with E-state index >= 15 is 0 Å². The largest absolute Gasteiger partial charge is 0.351 e. The van der Waals surface area contributed by atoms with E-state index in [1.54, 1.807) is 24.3 Å². The lowest BCUT2D eigenvalue weighted by atomic mass is 10.2. The fourth-order valence-corrected chi connectivity index (χ4v) is 1.81. The summed E-state index contributed by atoms with van der Waals surface area (Å²) >= 11 is 0. The second-order valence-corrected chi connectivity index (χ2v) is 4.46. The number of rotatable bonds is 3. The maximum Gasteiger partial charge on any atom is 0.323 e. The third-order valence-electron chi connectivity index (χ3n) is 2.78. The predicted molar refractivity (Wildman–Crippen MR) is 83.5 cm³/mol. The first-order chi connectivity index (χ1) is 10.0. The maximum atomic E-state index is 11.9. The van der Waals surface area contributed by atoms with Crippen molar-refractivity contribution in [3.8, 4) is 0 Å². The monoisotopic (exact) mass is 284 g/mol. The van der Waals surface area contributed by atoms with Crippen molar-refractivity contribution in [2.45, 2.75) is 6.92 Å². The molecule has 0 aliphatic carbocycles. The maximum absolute atomic E-state index is 11.9. The molecule has 5 N–H and O–H groups in total. The molecule has 0 heterocycles. The molecule has 0 saturated heterocycles. The van der Waals surface area contributed by atoms with E-state index in [9.17, 15) is 9.59 Å². The third-order valence-corrected chi connectivity index (χ3v) is 2.78. The molecule has 0 aromatic heterocycles. The zero-order valence-electron chi connectivity index (χ0n) is 11.5. The van der Waals surface area contributed by atoms with Crippen LogP contribution in [0.5, 0.6) is 0 Å². The van der Waals surface area contributed by atoms with Crippen LogP contribution in [0.2, 0.25) is 0 Å². The molecule has 0 spiro atoms. The van der Waals surface area contributed by atoms with Crippen molar-refractivity contribution < 1.29 is 9.59 Å². The van der Waals surface area contributed by atoms with Crippen molar-refractivity contribution in [2.75, 3.05) is 16.0 Å². The average Bonchev–Trinajstić information content (AvgIpc) is 2.41. The highest BCUT2D eigenvalue weighted by Gasteiger charge is 2.05. The molecule has 0 fully saturated rings. The van der Waals surface area contributed by atoms with E-state index in [1.165, 1.54) is 0 Å². The lowest BCUT2D eigenvalue weighted by Crippen LogP contribution is -2.21. The summed E-state index contributed by atoms with van der Waals surface area (Å²) in [6.45, 7) is 1.91. The van der Waals surface area contributed by atoms with E-state index in [2.05, 4.69) is 16.0 Å². The van der Waals surface area contributed by atoms with Crippen LogP contribution in [0.15, 0.2) is 48.5 Å². The van der Waals surface area contributed by atoms with Gasteiger partial charge in [0.2, 0.25) is 0 Å². The number of hydrogen-bond acceptors (Lipinski definition) is 2. The van der Waals surface area contributed by atoms with Crippen LogP contribution >= 0.6 is 0 Å². The molecule has 6 heteroatoms. The number of nitrogens with one attached hydrogen (secondary N) is 3. The molecule has 2 aromatic carbocycles. The van der Waals surface area contributed by atoms with Gasteiger partial charge in [0.1, 0.15) is 0 Å². The second kappa shape index (κ2) is 6.42. The minimum absolute atomic E-state index is 0.361. The molecule has 0 aliphatic heterocycles. The number of anilines is 3. The van der Waals surface area contributed by atoms with Gasteiger partial charge in [-0.2, -0.15) is 0 Å². The van der Waals surface area contributed by atoms with Crippen LogP contribution in [0.1, 0.15) is 5.56 Å². The van der Waals surface area contributed by atoms with Gasteiger partial charge in [-0.1, -0.05) is 24.3 Å². The van der Waals surface area contributed by atoms with Crippen molar-refractivity contribution >= 4 is 29.1 Å². The van der Waals surface area contributed by atoms with Crippen LogP contribution < -0.4 is 21.7 Å². The first-order valence-electron chi connectivity index (χ1n) is 6.35. The molecule has 6 nitrogen and oxygen atoms in total. The molecule has 2 aromatic rings. The molecule has 0 saturated carbocycles. The van der Waals surface area contributed by atoms with E-state index in [-0.39, 0.29) is 6.03 Å². The Morgan fingerprint density at radius 3 is 2.24 bits per heavy atom. The summed E-state index contributed by atoms with van der Waals surface area (Å²) in [6, 6.07) is 13.2. The van der Waals surface area contributed by atoms with Crippen molar-refractivity contribution in [1.82, 2.24) is 0 Å². The van der Waals surface area contributed by atoms with E-state index in [1.807, 2.05) is 31.2 Å². The quantitative estimate of drug-likeness (QED) is 0.696. The van der Waals surface area contributed by atoms with E-state index in [0.29, 0.717) is 11.4 Å². The Bertz CT molecular complexity index is 670. The minimum Gasteiger partial charge on any atom is -0.351 e. The standard InChI is InChI=1S/C15H16N4O2/c1-10-5-2-3-8-13(10)19-15(21)18-12-7-4-6-11(9-12)17-14(16)20/h2-9H,1H3,(H3,16,17,20)(H2,18,19,21). The molecule has 0 bridgehead atoms. The number of primary amides is 1. The molecule has 2 rings (SSSR count). The third kappa shape index (κ3) is 4.24. The van der Waals surface area contributed by atoms with Crippen molar-refractivity contribution in [3.63, 3.8) is 0 Å². The molecule has 0 radical (unpaired) electrons. The molecular formula is C15H16N4O2.